The second-order valence-corrected chi connectivity index (χ2v) is 6.95. The molecular formula is C16H31N7O6S. The average Bonchev–Trinajstić information content (AvgIpc) is 2.66. The van der Waals surface area contributed by atoms with Crippen LogP contribution in [0.4, 0.5) is 0 Å². The van der Waals surface area contributed by atoms with Gasteiger partial charge in [0.05, 0.1) is 6.10 Å². The zero-order valence-corrected chi connectivity index (χ0v) is 17.8. The van der Waals surface area contributed by atoms with E-state index in [4.69, 9.17) is 22.3 Å². The van der Waals surface area contributed by atoms with Crippen molar-refractivity contribution < 1.29 is 29.4 Å². The number of aliphatic hydroxyl groups is 1. The Kier molecular flexibility index (Phi) is 12.4. The van der Waals surface area contributed by atoms with E-state index in [0.29, 0.717) is 6.42 Å². The van der Waals surface area contributed by atoms with Crippen molar-refractivity contribution in [1.29, 1.82) is 0 Å². The van der Waals surface area contributed by atoms with Crippen LogP contribution in [0.25, 0.3) is 0 Å². The van der Waals surface area contributed by atoms with Gasteiger partial charge < -0.3 is 43.4 Å². The number of guanidine groups is 1. The lowest BCUT2D eigenvalue weighted by Gasteiger charge is -2.24. The highest BCUT2D eigenvalue weighted by Gasteiger charge is 2.29. The summed E-state index contributed by atoms with van der Waals surface area (Å²) in [6.07, 6.45) is -0.732. The van der Waals surface area contributed by atoms with Gasteiger partial charge in [0.1, 0.15) is 24.2 Å². The molecule has 0 heterocycles. The van der Waals surface area contributed by atoms with Crippen molar-refractivity contribution in [3.8, 4) is 0 Å². The van der Waals surface area contributed by atoms with E-state index in [9.17, 15) is 24.3 Å². The SMILES string of the molecule is CC(NC(=O)C(CCCN=C(N)N)NC(=O)C(CS)NC(=O)C(N)C(C)O)C(=O)O. The third-order valence-electron chi connectivity index (χ3n) is 3.95. The number of aliphatic hydroxyl groups excluding tert-OH is 1. The normalized spacial score (nSPS) is 15.6. The van der Waals surface area contributed by atoms with Crippen molar-refractivity contribution in [2.75, 3.05) is 12.3 Å². The smallest absolute Gasteiger partial charge is 0.325 e. The molecule has 14 heteroatoms. The first-order chi connectivity index (χ1) is 13.9. The minimum absolute atomic E-state index is 0.0983. The van der Waals surface area contributed by atoms with Gasteiger partial charge in [-0.05, 0) is 26.7 Å². The summed E-state index contributed by atoms with van der Waals surface area (Å²) in [4.78, 5) is 51.7. The number of carbonyl (C=O) groups is 4. The van der Waals surface area contributed by atoms with Gasteiger partial charge in [-0.1, -0.05) is 0 Å². The molecule has 0 radical (unpaired) electrons. The molecule has 0 aliphatic rings. The molecule has 0 saturated heterocycles. The number of carboxylic acid groups (broad SMARTS) is 1. The second kappa shape index (κ2) is 13.6. The predicted molar refractivity (Wildman–Crippen MR) is 113 cm³/mol. The molecule has 11 N–H and O–H groups in total. The summed E-state index contributed by atoms with van der Waals surface area (Å²) in [6.45, 7) is 2.78. The van der Waals surface area contributed by atoms with Crippen molar-refractivity contribution >= 4 is 42.3 Å². The van der Waals surface area contributed by atoms with Gasteiger partial charge in [0.25, 0.3) is 0 Å². The molecule has 13 nitrogen and oxygen atoms in total. The number of carbonyl (C=O) groups excluding carboxylic acids is 3. The number of nitrogens with zero attached hydrogens (tertiary/aromatic N) is 1. The van der Waals surface area contributed by atoms with Crippen LogP contribution in [0, 0.1) is 0 Å². The fourth-order valence-corrected chi connectivity index (χ4v) is 2.36. The molecule has 30 heavy (non-hydrogen) atoms. The molecule has 0 aromatic carbocycles. The number of amides is 3. The van der Waals surface area contributed by atoms with E-state index in [1.165, 1.54) is 13.8 Å². The van der Waals surface area contributed by atoms with Gasteiger partial charge in [-0.3, -0.25) is 24.2 Å². The molecule has 0 fully saturated rings. The van der Waals surface area contributed by atoms with Crippen molar-refractivity contribution in [3.05, 3.63) is 0 Å². The number of aliphatic carboxylic acids is 1. The Balaban J connectivity index is 5.20. The maximum atomic E-state index is 12.5. The van der Waals surface area contributed by atoms with Crippen LogP contribution in [0.15, 0.2) is 4.99 Å². The Morgan fingerprint density at radius 3 is 2.00 bits per heavy atom. The second-order valence-electron chi connectivity index (χ2n) is 6.59. The van der Waals surface area contributed by atoms with E-state index in [1.54, 1.807) is 0 Å². The first-order valence-electron chi connectivity index (χ1n) is 9.14. The molecule has 0 saturated carbocycles. The van der Waals surface area contributed by atoms with E-state index in [-0.39, 0.29) is 24.7 Å². The van der Waals surface area contributed by atoms with Gasteiger partial charge >= 0.3 is 5.97 Å². The summed E-state index contributed by atoms with van der Waals surface area (Å²) in [5, 5.41) is 25.4. The summed E-state index contributed by atoms with van der Waals surface area (Å²) in [5.41, 5.74) is 16.0. The van der Waals surface area contributed by atoms with Crippen LogP contribution in [-0.4, -0.2) is 82.4 Å². The molecule has 3 amide bonds. The largest absolute Gasteiger partial charge is 0.480 e. The summed E-state index contributed by atoms with van der Waals surface area (Å²) in [7, 11) is 0. The molecule has 0 aliphatic heterocycles. The van der Waals surface area contributed by atoms with Crippen LogP contribution in [-0.2, 0) is 19.2 Å². The zero-order chi connectivity index (χ0) is 23.4. The van der Waals surface area contributed by atoms with Crippen LogP contribution < -0.4 is 33.2 Å². The lowest BCUT2D eigenvalue weighted by atomic mass is 10.1. The summed E-state index contributed by atoms with van der Waals surface area (Å²) >= 11 is 4.01. The van der Waals surface area contributed by atoms with Crippen LogP contribution in [0.5, 0.6) is 0 Å². The minimum Gasteiger partial charge on any atom is -0.480 e. The molecule has 0 aromatic rings. The summed E-state index contributed by atoms with van der Waals surface area (Å²) < 4.78 is 0. The summed E-state index contributed by atoms with van der Waals surface area (Å²) in [5.74, 6) is -3.73. The lowest BCUT2D eigenvalue weighted by molar-refractivity contribution is -0.141. The van der Waals surface area contributed by atoms with E-state index < -0.39 is 54.0 Å². The van der Waals surface area contributed by atoms with Crippen molar-refractivity contribution in [2.45, 2.75) is 57.0 Å². The average molecular weight is 450 g/mol. The molecule has 5 atom stereocenters. The molecular weight excluding hydrogens is 418 g/mol. The van der Waals surface area contributed by atoms with Crippen LogP contribution in [0.1, 0.15) is 26.7 Å². The van der Waals surface area contributed by atoms with E-state index >= 15 is 0 Å². The highest BCUT2D eigenvalue weighted by molar-refractivity contribution is 7.80. The maximum absolute atomic E-state index is 12.5. The molecule has 0 aliphatic carbocycles. The number of nitrogens with one attached hydrogen (secondary N) is 3. The van der Waals surface area contributed by atoms with Gasteiger partial charge in [0.15, 0.2) is 5.96 Å². The standard InChI is InChI=1S/C16H31N7O6S/c1-7(15(28)29)21-12(25)9(4-3-5-20-16(18)19)22-13(26)10(6-30)23-14(27)11(17)8(2)24/h7-11,24,30H,3-6,17H2,1-2H3,(H,21,25)(H,22,26)(H,23,27)(H,28,29)(H4,18,19,20). The van der Waals surface area contributed by atoms with Crippen molar-refractivity contribution in [1.82, 2.24) is 16.0 Å². The van der Waals surface area contributed by atoms with Gasteiger partial charge in [-0.2, -0.15) is 12.6 Å². The van der Waals surface area contributed by atoms with E-state index in [0.717, 1.165) is 0 Å². The monoisotopic (exact) mass is 449 g/mol. The van der Waals surface area contributed by atoms with Gasteiger partial charge in [0, 0.05) is 12.3 Å². The summed E-state index contributed by atoms with van der Waals surface area (Å²) in [6, 6.07) is -4.69. The number of rotatable bonds is 13. The Morgan fingerprint density at radius 1 is 1.00 bits per heavy atom. The number of thiol groups is 1. The molecule has 0 bridgehead atoms. The van der Waals surface area contributed by atoms with Crippen LogP contribution >= 0.6 is 12.6 Å². The Hall–Kier alpha value is -2.58. The Labute approximate surface area is 179 Å². The molecule has 0 rings (SSSR count). The maximum Gasteiger partial charge on any atom is 0.325 e. The molecule has 172 valence electrons. The minimum atomic E-state index is -1.25. The molecule has 5 unspecified atom stereocenters. The Morgan fingerprint density at radius 2 is 1.53 bits per heavy atom. The number of hydrogen-bond donors (Lipinski definition) is 9. The number of hydrogen-bond acceptors (Lipinski definition) is 8. The first-order valence-corrected chi connectivity index (χ1v) is 9.77. The quantitative estimate of drug-likeness (QED) is 0.0580. The fraction of sp³-hybridized carbons (Fsp3) is 0.688. The number of nitrogens with two attached hydrogens (primary N) is 3. The highest BCUT2D eigenvalue weighted by Crippen LogP contribution is 2.02. The Bertz CT molecular complexity index is 642. The van der Waals surface area contributed by atoms with Crippen LogP contribution in [0.2, 0.25) is 0 Å². The van der Waals surface area contributed by atoms with E-state index in [1.807, 2.05) is 0 Å². The van der Waals surface area contributed by atoms with E-state index in [2.05, 4.69) is 33.6 Å². The van der Waals surface area contributed by atoms with Gasteiger partial charge in [0.2, 0.25) is 17.7 Å². The number of aliphatic imine (C=N–C) groups is 1. The van der Waals surface area contributed by atoms with Crippen LogP contribution in [0.3, 0.4) is 0 Å². The molecule has 0 aromatic heterocycles. The first kappa shape index (κ1) is 27.4. The third-order valence-corrected chi connectivity index (χ3v) is 4.31. The van der Waals surface area contributed by atoms with Crippen molar-refractivity contribution in [3.63, 3.8) is 0 Å². The van der Waals surface area contributed by atoms with Gasteiger partial charge in [-0.15, -0.1) is 0 Å². The third kappa shape index (κ3) is 10.3. The highest BCUT2D eigenvalue weighted by atomic mass is 32.1. The van der Waals surface area contributed by atoms with Gasteiger partial charge in [-0.25, -0.2) is 0 Å². The lowest BCUT2D eigenvalue weighted by Crippen LogP contribution is -2.58. The predicted octanol–water partition coefficient (Wildman–Crippen LogP) is -3.76. The number of carboxylic acids is 1. The topological polar surface area (TPSA) is 235 Å². The molecule has 0 spiro atoms. The van der Waals surface area contributed by atoms with Crippen molar-refractivity contribution in [2.24, 2.45) is 22.2 Å². The zero-order valence-electron chi connectivity index (χ0n) is 16.9. The fourth-order valence-electron chi connectivity index (χ4n) is 2.10.